The second-order valence-corrected chi connectivity index (χ2v) is 9.29. The summed E-state index contributed by atoms with van der Waals surface area (Å²) in [4.78, 5) is 25.8. The largest absolute Gasteiger partial charge is 0.493 e. The van der Waals surface area contributed by atoms with E-state index in [-0.39, 0.29) is 36.1 Å². The fourth-order valence-corrected chi connectivity index (χ4v) is 4.81. The van der Waals surface area contributed by atoms with Gasteiger partial charge in [0.2, 0.25) is 5.91 Å². The number of hydrogen-bond acceptors (Lipinski definition) is 4. The molecule has 2 aromatic rings. The summed E-state index contributed by atoms with van der Waals surface area (Å²) in [5.41, 5.74) is 3.17. The number of nitrogens with one attached hydrogen (secondary N) is 1. The highest BCUT2D eigenvalue weighted by Gasteiger charge is 2.38. The Labute approximate surface area is 197 Å². The van der Waals surface area contributed by atoms with Crippen LogP contribution in [-0.2, 0) is 9.59 Å². The Morgan fingerprint density at radius 2 is 1.69 bits per heavy atom. The molecule has 0 aromatic heterocycles. The lowest BCUT2D eigenvalue weighted by molar-refractivity contribution is -0.122. The average molecular weight is 474 g/mol. The van der Waals surface area contributed by atoms with Gasteiger partial charge in [-0.3, -0.25) is 9.59 Å². The van der Waals surface area contributed by atoms with E-state index in [0.717, 1.165) is 11.1 Å². The molecule has 1 heterocycles. The number of ketones is 1. The Hall–Kier alpha value is -2.50. The van der Waals surface area contributed by atoms with Crippen molar-refractivity contribution in [2.75, 3.05) is 7.11 Å². The lowest BCUT2D eigenvalue weighted by Crippen LogP contribution is -2.38. The predicted octanol–water partition coefficient (Wildman–Crippen LogP) is 5.79. The highest BCUT2D eigenvalue weighted by atomic mass is 35.5. The summed E-state index contributed by atoms with van der Waals surface area (Å²) in [6, 6.07) is 11.0. The Morgan fingerprint density at radius 1 is 0.938 bits per heavy atom. The third-order valence-corrected chi connectivity index (χ3v) is 6.64. The molecular formula is C25H25Cl2NO4. The molecule has 7 heteroatoms. The topological polar surface area (TPSA) is 64.6 Å². The number of benzene rings is 2. The van der Waals surface area contributed by atoms with Crippen molar-refractivity contribution < 1.29 is 19.1 Å². The van der Waals surface area contributed by atoms with Gasteiger partial charge in [0.05, 0.1) is 23.3 Å². The maximum absolute atomic E-state index is 13.3. The Bertz CT molecular complexity index is 1110. The summed E-state index contributed by atoms with van der Waals surface area (Å²) >= 11 is 12.3. The molecule has 2 aliphatic rings. The summed E-state index contributed by atoms with van der Waals surface area (Å²) in [5, 5.41) is 3.80. The van der Waals surface area contributed by atoms with E-state index in [0.29, 0.717) is 45.7 Å². The number of allylic oxidation sites excluding steroid dienone is 2. The molecule has 0 spiro atoms. The van der Waals surface area contributed by atoms with Gasteiger partial charge in [-0.2, -0.15) is 0 Å². The molecule has 0 radical (unpaired) electrons. The van der Waals surface area contributed by atoms with Gasteiger partial charge in [0.25, 0.3) is 0 Å². The van der Waals surface area contributed by atoms with Crippen molar-refractivity contribution in [3.63, 3.8) is 0 Å². The lowest BCUT2D eigenvalue weighted by Gasteiger charge is -2.34. The minimum absolute atomic E-state index is 0.0227. The molecule has 1 amide bonds. The van der Waals surface area contributed by atoms with Crippen LogP contribution in [0, 0.1) is 0 Å². The van der Waals surface area contributed by atoms with Crippen LogP contribution in [-0.4, -0.2) is 24.9 Å². The van der Waals surface area contributed by atoms with Crippen molar-refractivity contribution in [1.82, 2.24) is 5.32 Å². The van der Waals surface area contributed by atoms with E-state index in [2.05, 4.69) is 5.32 Å². The Kier molecular flexibility index (Phi) is 6.50. The highest BCUT2D eigenvalue weighted by Crippen LogP contribution is 2.44. The predicted molar refractivity (Wildman–Crippen MR) is 125 cm³/mol. The van der Waals surface area contributed by atoms with Gasteiger partial charge in [-0.15, -0.1) is 0 Å². The molecular weight excluding hydrogens is 449 g/mol. The molecule has 4 rings (SSSR count). The van der Waals surface area contributed by atoms with Gasteiger partial charge in [0, 0.05) is 30.0 Å². The van der Waals surface area contributed by atoms with Gasteiger partial charge in [-0.05, 0) is 61.6 Å². The molecule has 1 aliphatic heterocycles. The van der Waals surface area contributed by atoms with Crippen molar-refractivity contribution in [3.8, 4) is 11.5 Å². The number of hydrogen-bond donors (Lipinski definition) is 1. The van der Waals surface area contributed by atoms with Crippen LogP contribution in [0.3, 0.4) is 0 Å². The maximum atomic E-state index is 13.3. The number of carbonyl (C=O) groups is 2. The highest BCUT2D eigenvalue weighted by molar-refractivity contribution is 6.42. The second kappa shape index (κ2) is 9.16. The quantitative estimate of drug-likeness (QED) is 0.596. The summed E-state index contributed by atoms with van der Waals surface area (Å²) in [5.74, 6) is 0.846. The Morgan fingerprint density at radius 3 is 2.38 bits per heavy atom. The normalized spacial score (nSPS) is 20.8. The molecule has 2 unspecified atom stereocenters. The van der Waals surface area contributed by atoms with Gasteiger partial charge in [0.15, 0.2) is 17.3 Å². The molecule has 1 aliphatic carbocycles. The zero-order chi connectivity index (χ0) is 23.0. The van der Waals surface area contributed by atoms with Crippen LogP contribution in [0.25, 0.3) is 0 Å². The van der Waals surface area contributed by atoms with Crippen LogP contribution in [0.2, 0.25) is 10.0 Å². The fourth-order valence-electron chi connectivity index (χ4n) is 4.50. The number of ether oxygens (including phenoxy) is 2. The van der Waals surface area contributed by atoms with E-state index in [1.807, 2.05) is 38.1 Å². The first-order valence-electron chi connectivity index (χ1n) is 10.6. The molecule has 2 aromatic carbocycles. The number of rotatable bonds is 5. The Balaban J connectivity index is 1.67. The third kappa shape index (κ3) is 4.50. The van der Waals surface area contributed by atoms with Crippen LogP contribution in [0.15, 0.2) is 47.7 Å². The van der Waals surface area contributed by atoms with Crippen molar-refractivity contribution >= 4 is 34.9 Å². The number of Topliss-reactive ketones (excluding diaryl/α,β-unsaturated/α-hetero) is 1. The first kappa shape index (κ1) is 22.7. The lowest BCUT2D eigenvalue weighted by atomic mass is 9.73. The van der Waals surface area contributed by atoms with Gasteiger partial charge in [-0.25, -0.2) is 0 Å². The van der Waals surface area contributed by atoms with Crippen LogP contribution in [0.1, 0.15) is 56.1 Å². The summed E-state index contributed by atoms with van der Waals surface area (Å²) in [6.07, 6.45) is 1.16. The van der Waals surface area contributed by atoms with Crippen molar-refractivity contribution in [1.29, 1.82) is 0 Å². The molecule has 2 atom stereocenters. The SMILES string of the molecule is COc1cc(C2CC(=O)C3=C(C2)NC(=O)CC3c2ccc(Cl)c(Cl)c2)ccc1OC(C)C. The van der Waals surface area contributed by atoms with Crippen molar-refractivity contribution in [2.24, 2.45) is 0 Å². The van der Waals surface area contributed by atoms with E-state index in [1.54, 1.807) is 19.2 Å². The number of halogens is 2. The van der Waals surface area contributed by atoms with Gasteiger partial charge in [-0.1, -0.05) is 35.3 Å². The number of amides is 1. The van der Waals surface area contributed by atoms with E-state index in [9.17, 15) is 9.59 Å². The van der Waals surface area contributed by atoms with Crippen molar-refractivity contribution in [2.45, 2.75) is 51.0 Å². The number of methoxy groups -OCH3 is 1. The number of carbonyl (C=O) groups excluding carboxylic acids is 2. The van der Waals surface area contributed by atoms with E-state index >= 15 is 0 Å². The fraction of sp³-hybridized carbons (Fsp3) is 0.360. The van der Waals surface area contributed by atoms with E-state index < -0.39 is 0 Å². The maximum Gasteiger partial charge on any atom is 0.225 e. The first-order chi connectivity index (χ1) is 15.3. The second-order valence-electron chi connectivity index (χ2n) is 8.48. The molecule has 0 saturated carbocycles. The zero-order valence-electron chi connectivity index (χ0n) is 18.2. The van der Waals surface area contributed by atoms with E-state index in [1.165, 1.54) is 0 Å². The van der Waals surface area contributed by atoms with Gasteiger partial charge >= 0.3 is 0 Å². The standard InChI is InChI=1S/C25H25Cl2NO4/c1-13(2)32-22-7-5-14(11-23(22)31-3)16-9-20-25(21(29)10-16)17(12-24(30)28-20)15-4-6-18(26)19(27)8-15/h4-8,11,13,16-17H,9-10,12H2,1-3H3,(H,28,30). The molecule has 0 fully saturated rings. The van der Waals surface area contributed by atoms with Crippen LogP contribution in [0.4, 0.5) is 0 Å². The van der Waals surface area contributed by atoms with E-state index in [4.69, 9.17) is 32.7 Å². The van der Waals surface area contributed by atoms with Crippen LogP contribution < -0.4 is 14.8 Å². The monoisotopic (exact) mass is 473 g/mol. The summed E-state index contributed by atoms with van der Waals surface area (Å²) in [7, 11) is 1.60. The minimum atomic E-state index is -0.321. The first-order valence-corrected chi connectivity index (χ1v) is 11.4. The molecule has 168 valence electrons. The molecule has 0 saturated heterocycles. The summed E-state index contributed by atoms with van der Waals surface area (Å²) < 4.78 is 11.3. The van der Waals surface area contributed by atoms with Crippen molar-refractivity contribution in [3.05, 3.63) is 68.8 Å². The minimum Gasteiger partial charge on any atom is -0.493 e. The van der Waals surface area contributed by atoms with Gasteiger partial charge in [0.1, 0.15) is 0 Å². The van der Waals surface area contributed by atoms with Gasteiger partial charge < -0.3 is 14.8 Å². The zero-order valence-corrected chi connectivity index (χ0v) is 19.7. The van der Waals surface area contributed by atoms with Crippen LogP contribution in [0.5, 0.6) is 11.5 Å². The smallest absolute Gasteiger partial charge is 0.225 e. The molecule has 32 heavy (non-hydrogen) atoms. The van der Waals surface area contributed by atoms with Crippen LogP contribution >= 0.6 is 23.2 Å². The molecule has 0 bridgehead atoms. The summed E-state index contributed by atoms with van der Waals surface area (Å²) in [6.45, 7) is 3.91. The third-order valence-electron chi connectivity index (χ3n) is 5.90. The molecule has 5 nitrogen and oxygen atoms in total. The molecule has 1 N–H and O–H groups in total. The average Bonchev–Trinajstić information content (AvgIpc) is 2.74.